The van der Waals surface area contributed by atoms with Crippen LogP contribution in [-0.2, 0) is 9.53 Å². The van der Waals surface area contributed by atoms with Crippen LogP contribution in [0.1, 0.15) is 6.42 Å². The van der Waals surface area contributed by atoms with Crippen molar-refractivity contribution in [1.29, 1.82) is 0 Å². The van der Waals surface area contributed by atoms with Crippen molar-refractivity contribution >= 4 is 37.8 Å². The van der Waals surface area contributed by atoms with Crippen LogP contribution < -0.4 is 0 Å². The molecule has 0 radical (unpaired) electrons. The monoisotopic (exact) mass is 258 g/mol. The Morgan fingerprint density at radius 1 is 1.44 bits per heavy atom. The minimum Gasteiger partial charge on any atom is -0.465 e. The van der Waals surface area contributed by atoms with E-state index in [9.17, 15) is 4.79 Å². The number of carbonyl (C=O) groups excluding carboxylic acids is 1. The summed E-state index contributed by atoms with van der Waals surface area (Å²) in [7, 11) is 0. The van der Waals surface area contributed by atoms with Crippen LogP contribution in [-0.4, -0.2) is 23.2 Å². The molecular weight excluding hydrogens is 252 g/mol. The summed E-state index contributed by atoms with van der Waals surface area (Å²) in [5.74, 6) is -0.198. The Labute approximate surface area is 71.2 Å². The second-order valence-corrected chi connectivity index (χ2v) is 2.75. The fourth-order valence-corrected chi connectivity index (χ4v) is 0.670. The first kappa shape index (κ1) is 9.43. The second kappa shape index (κ2) is 6.55. The predicted molar refractivity (Wildman–Crippen MR) is 43.2 cm³/mol. The maximum atomic E-state index is 10.4. The summed E-state index contributed by atoms with van der Waals surface area (Å²) < 4.78 is 4.72. The van der Waals surface area contributed by atoms with Gasteiger partial charge in [-0.25, -0.2) is 0 Å². The Hall–Kier alpha value is 0.430. The van der Waals surface area contributed by atoms with Crippen LogP contribution in [0.15, 0.2) is 0 Å². The van der Waals surface area contributed by atoms with Crippen molar-refractivity contribution < 1.29 is 9.53 Å². The highest BCUT2D eigenvalue weighted by Gasteiger charge is 1.96. The normalized spacial score (nSPS) is 9.11. The van der Waals surface area contributed by atoms with Crippen molar-refractivity contribution in [2.75, 3.05) is 17.3 Å². The lowest BCUT2D eigenvalue weighted by Crippen LogP contribution is -2.06. The largest absolute Gasteiger partial charge is 0.465 e. The quantitative estimate of drug-likeness (QED) is 0.437. The first-order chi connectivity index (χ1) is 4.31. The molecule has 0 aliphatic heterocycles. The van der Waals surface area contributed by atoms with Gasteiger partial charge >= 0.3 is 5.97 Å². The number of halogens is 2. The topological polar surface area (TPSA) is 26.3 Å². The number of carbonyl (C=O) groups is 1. The molecule has 4 heteroatoms. The Morgan fingerprint density at radius 3 is 2.56 bits per heavy atom. The van der Waals surface area contributed by atoms with E-state index < -0.39 is 0 Å². The van der Waals surface area contributed by atoms with Gasteiger partial charge in [0.15, 0.2) is 0 Å². The maximum Gasteiger partial charge on any atom is 0.316 e. The Kier molecular flexibility index (Phi) is 6.86. The molecule has 0 saturated heterocycles. The van der Waals surface area contributed by atoms with Crippen LogP contribution in [0.5, 0.6) is 0 Å². The van der Waals surface area contributed by atoms with Crippen LogP contribution in [0, 0.1) is 0 Å². The Balaban J connectivity index is 2.97. The van der Waals surface area contributed by atoms with Gasteiger partial charge in [0.2, 0.25) is 0 Å². The number of esters is 1. The molecule has 2 nitrogen and oxygen atoms in total. The Morgan fingerprint density at radius 2 is 2.11 bits per heavy atom. The van der Waals surface area contributed by atoms with Crippen molar-refractivity contribution in [1.82, 2.24) is 0 Å². The van der Waals surface area contributed by atoms with Gasteiger partial charge in [-0.2, -0.15) is 0 Å². The maximum absolute atomic E-state index is 10.4. The zero-order valence-electron chi connectivity index (χ0n) is 4.90. The molecule has 0 aromatic carbocycles. The number of alkyl halides is 2. The van der Waals surface area contributed by atoms with Gasteiger partial charge in [0.1, 0.15) is 5.33 Å². The highest BCUT2D eigenvalue weighted by atomic mass is 79.9. The molecule has 54 valence electrons. The average Bonchev–Trinajstić information content (AvgIpc) is 1.89. The summed E-state index contributed by atoms with van der Waals surface area (Å²) in [6.45, 7) is 0.510. The van der Waals surface area contributed by atoms with E-state index in [-0.39, 0.29) is 11.3 Å². The number of ether oxygens (including phenoxy) is 1. The van der Waals surface area contributed by atoms with Gasteiger partial charge in [0.25, 0.3) is 0 Å². The first-order valence-corrected chi connectivity index (χ1v) is 4.83. The van der Waals surface area contributed by atoms with Gasteiger partial charge in [-0.1, -0.05) is 31.9 Å². The smallest absolute Gasteiger partial charge is 0.316 e. The number of hydrogen-bond acceptors (Lipinski definition) is 2. The lowest BCUT2D eigenvalue weighted by molar-refractivity contribution is -0.140. The van der Waals surface area contributed by atoms with E-state index in [1.165, 1.54) is 0 Å². The first-order valence-electron chi connectivity index (χ1n) is 2.58. The molecule has 9 heavy (non-hydrogen) atoms. The molecule has 0 heterocycles. The summed E-state index contributed by atoms with van der Waals surface area (Å²) >= 11 is 6.20. The molecule has 0 rings (SSSR count). The fraction of sp³-hybridized carbons (Fsp3) is 0.800. The molecule has 0 aliphatic rings. The molecule has 0 N–H and O–H groups in total. The predicted octanol–water partition coefficient (Wildman–Crippen LogP) is 1.71. The van der Waals surface area contributed by atoms with E-state index in [1.807, 2.05) is 0 Å². The standard InChI is InChI=1S/C5H8Br2O2/c6-2-1-3-9-5(8)4-7/h1-4H2. The van der Waals surface area contributed by atoms with E-state index in [4.69, 9.17) is 4.74 Å². The van der Waals surface area contributed by atoms with Crippen LogP contribution >= 0.6 is 31.9 Å². The van der Waals surface area contributed by atoms with Gasteiger partial charge < -0.3 is 4.74 Å². The molecule has 0 aliphatic carbocycles. The SMILES string of the molecule is O=C(CBr)OCCCBr. The van der Waals surface area contributed by atoms with Crippen molar-refractivity contribution in [3.05, 3.63) is 0 Å². The third kappa shape index (κ3) is 6.31. The molecule has 0 unspecified atom stereocenters. The molecule has 0 fully saturated rings. The molecule has 0 aromatic rings. The van der Waals surface area contributed by atoms with Gasteiger partial charge in [-0.15, -0.1) is 0 Å². The molecule has 0 atom stereocenters. The highest BCUT2D eigenvalue weighted by Crippen LogP contribution is 1.90. The van der Waals surface area contributed by atoms with E-state index in [0.717, 1.165) is 11.8 Å². The number of hydrogen-bond donors (Lipinski definition) is 0. The van der Waals surface area contributed by atoms with Gasteiger partial charge in [0.05, 0.1) is 6.61 Å². The molecular formula is C5H8Br2O2. The van der Waals surface area contributed by atoms with E-state index in [1.54, 1.807) is 0 Å². The zero-order valence-corrected chi connectivity index (χ0v) is 8.07. The molecule has 0 amide bonds. The van der Waals surface area contributed by atoms with Crippen molar-refractivity contribution in [3.8, 4) is 0 Å². The van der Waals surface area contributed by atoms with Crippen LogP contribution in [0.3, 0.4) is 0 Å². The van der Waals surface area contributed by atoms with Crippen LogP contribution in [0.4, 0.5) is 0 Å². The average molecular weight is 260 g/mol. The minimum absolute atomic E-state index is 0.198. The zero-order chi connectivity index (χ0) is 7.11. The highest BCUT2D eigenvalue weighted by molar-refractivity contribution is 9.09. The summed E-state index contributed by atoms with van der Waals surface area (Å²) in [6.07, 6.45) is 0.874. The van der Waals surface area contributed by atoms with Crippen molar-refractivity contribution in [2.45, 2.75) is 6.42 Å². The van der Waals surface area contributed by atoms with Gasteiger partial charge in [-0.3, -0.25) is 4.79 Å². The van der Waals surface area contributed by atoms with Crippen LogP contribution in [0.2, 0.25) is 0 Å². The van der Waals surface area contributed by atoms with E-state index in [0.29, 0.717) is 6.61 Å². The molecule has 0 bridgehead atoms. The van der Waals surface area contributed by atoms with E-state index in [2.05, 4.69) is 31.9 Å². The molecule has 0 aromatic heterocycles. The Bertz CT molecular complexity index is 85.0. The third-order valence-electron chi connectivity index (χ3n) is 0.650. The second-order valence-electron chi connectivity index (χ2n) is 1.40. The third-order valence-corrected chi connectivity index (χ3v) is 1.67. The van der Waals surface area contributed by atoms with Crippen molar-refractivity contribution in [2.24, 2.45) is 0 Å². The van der Waals surface area contributed by atoms with Crippen LogP contribution in [0.25, 0.3) is 0 Å². The minimum atomic E-state index is -0.198. The molecule has 0 spiro atoms. The molecule has 0 saturated carbocycles. The summed E-state index contributed by atoms with van der Waals surface area (Å²) in [6, 6.07) is 0. The lowest BCUT2D eigenvalue weighted by atomic mass is 10.5. The lowest BCUT2D eigenvalue weighted by Gasteiger charge is -1.98. The van der Waals surface area contributed by atoms with Gasteiger partial charge in [0, 0.05) is 5.33 Å². The number of rotatable bonds is 4. The summed E-state index contributed by atoms with van der Waals surface area (Å²) in [5.41, 5.74) is 0. The fourth-order valence-electron chi connectivity index (χ4n) is 0.279. The summed E-state index contributed by atoms with van der Waals surface area (Å²) in [5, 5.41) is 1.16. The van der Waals surface area contributed by atoms with E-state index >= 15 is 0 Å². The van der Waals surface area contributed by atoms with Gasteiger partial charge in [-0.05, 0) is 6.42 Å². The van der Waals surface area contributed by atoms with Crippen molar-refractivity contribution in [3.63, 3.8) is 0 Å². The summed E-state index contributed by atoms with van der Waals surface area (Å²) in [4.78, 5) is 10.4.